The molecule has 1 fully saturated rings. The lowest BCUT2D eigenvalue weighted by atomic mass is 10.1. The second-order valence-electron chi connectivity index (χ2n) is 4.73. The average molecular weight is 259 g/mol. The molecular weight excluding hydrogens is 234 g/mol. The van der Waals surface area contributed by atoms with Gasteiger partial charge in [-0.05, 0) is 12.8 Å². The molecule has 1 saturated heterocycles. The highest BCUT2D eigenvalue weighted by molar-refractivity contribution is 5.78. The molecule has 3 N–H and O–H groups in total. The van der Waals surface area contributed by atoms with Gasteiger partial charge in [0.05, 0.1) is 19.3 Å². The largest absolute Gasteiger partial charge is 0.382 e. The van der Waals surface area contributed by atoms with E-state index >= 15 is 0 Å². The van der Waals surface area contributed by atoms with Crippen LogP contribution in [0.4, 0.5) is 0 Å². The molecule has 6 heteroatoms. The Morgan fingerprint density at radius 3 is 2.67 bits per heavy atom. The molecule has 1 unspecified atom stereocenters. The van der Waals surface area contributed by atoms with Gasteiger partial charge in [-0.25, -0.2) is 0 Å². The Kier molecular flexibility index (Phi) is 7.19. The van der Waals surface area contributed by atoms with Crippen LogP contribution in [-0.4, -0.2) is 70.0 Å². The standard InChI is InChI=1S/C12H25N3O3/c1-17-9-11(18-2)7-14-12(16)8-15-5-3-10(13)4-6-15/h10-11H,3-9,13H2,1-2H3,(H,14,16). The van der Waals surface area contributed by atoms with Gasteiger partial charge in [0.1, 0.15) is 0 Å². The zero-order valence-corrected chi connectivity index (χ0v) is 11.4. The number of carbonyl (C=O) groups is 1. The third-order valence-corrected chi connectivity index (χ3v) is 3.21. The molecule has 0 aliphatic carbocycles. The fraction of sp³-hybridized carbons (Fsp3) is 0.917. The highest BCUT2D eigenvalue weighted by Crippen LogP contribution is 2.07. The summed E-state index contributed by atoms with van der Waals surface area (Å²) >= 11 is 0. The molecule has 1 aliphatic heterocycles. The molecule has 106 valence electrons. The lowest BCUT2D eigenvalue weighted by molar-refractivity contribution is -0.123. The van der Waals surface area contributed by atoms with E-state index in [4.69, 9.17) is 15.2 Å². The second kappa shape index (κ2) is 8.42. The lowest BCUT2D eigenvalue weighted by Gasteiger charge is -2.29. The summed E-state index contributed by atoms with van der Waals surface area (Å²) in [5.74, 6) is 0.0311. The van der Waals surface area contributed by atoms with E-state index in [0.717, 1.165) is 25.9 Å². The molecule has 0 bridgehead atoms. The van der Waals surface area contributed by atoms with Gasteiger partial charge in [0.15, 0.2) is 0 Å². The molecule has 0 saturated carbocycles. The maximum Gasteiger partial charge on any atom is 0.234 e. The summed E-state index contributed by atoms with van der Waals surface area (Å²) in [6.45, 7) is 3.21. The SMILES string of the molecule is COCC(CNC(=O)CN1CCC(N)CC1)OC. The van der Waals surface area contributed by atoms with Crippen LogP contribution in [0.1, 0.15) is 12.8 Å². The number of amides is 1. The highest BCUT2D eigenvalue weighted by Gasteiger charge is 2.18. The van der Waals surface area contributed by atoms with E-state index in [2.05, 4.69) is 10.2 Å². The first-order valence-electron chi connectivity index (χ1n) is 6.42. The van der Waals surface area contributed by atoms with Gasteiger partial charge in [0.2, 0.25) is 5.91 Å². The normalized spacial score (nSPS) is 19.7. The van der Waals surface area contributed by atoms with Crippen molar-refractivity contribution in [2.24, 2.45) is 5.73 Å². The van der Waals surface area contributed by atoms with E-state index in [9.17, 15) is 4.79 Å². The number of nitrogens with two attached hydrogens (primary N) is 1. The van der Waals surface area contributed by atoms with E-state index in [1.165, 1.54) is 0 Å². The number of ether oxygens (including phenoxy) is 2. The van der Waals surface area contributed by atoms with Crippen molar-refractivity contribution in [2.45, 2.75) is 25.0 Å². The van der Waals surface area contributed by atoms with Gasteiger partial charge in [-0.15, -0.1) is 0 Å². The van der Waals surface area contributed by atoms with Gasteiger partial charge in [-0.2, -0.15) is 0 Å². The van der Waals surface area contributed by atoms with Crippen LogP contribution in [0.2, 0.25) is 0 Å². The van der Waals surface area contributed by atoms with E-state index in [1.54, 1.807) is 14.2 Å². The van der Waals surface area contributed by atoms with Crippen molar-refractivity contribution in [3.63, 3.8) is 0 Å². The molecular formula is C12H25N3O3. The Morgan fingerprint density at radius 2 is 2.11 bits per heavy atom. The van der Waals surface area contributed by atoms with Crippen LogP contribution < -0.4 is 11.1 Å². The summed E-state index contributed by atoms with van der Waals surface area (Å²) in [4.78, 5) is 13.9. The van der Waals surface area contributed by atoms with Gasteiger partial charge >= 0.3 is 0 Å². The zero-order chi connectivity index (χ0) is 13.4. The van der Waals surface area contributed by atoms with Crippen molar-refractivity contribution < 1.29 is 14.3 Å². The minimum Gasteiger partial charge on any atom is -0.382 e. The van der Waals surface area contributed by atoms with E-state index < -0.39 is 0 Å². The summed E-state index contributed by atoms with van der Waals surface area (Å²) in [6.07, 6.45) is 1.85. The van der Waals surface area contributed by atoms with Gasteiger partial charge in [0, 0.05) is 39.9 Å². The number of piperidine rings is 1. The number of rotatable bonds is 7. The molecule has 1 aliphatic rings. The van der Waals surface area contributed by atoms with Gasteiger partial charge in [-0.1, -0.05) is 0 Å². The van der Waals surface area contributed by atoms with Crippen LogP contribution in [-0.2, 0) is 14.3 Å². The number of nitrogens with one attached hydrogen (secondary N) is 1. The average Bonchev–Trinajstić information content (AvgIpc) is 2.37. The molecule has 18 heavy (non-hydrogen) atoms. The van der Waals surface area contributed by atoms with Crippen molar-refractivity contribution in [1.29, 1.82) is 0 Å². The summed E-state index contributed by atoms with van der Waals surface area (Å²) in [5.41, 5.74) is 5.82. The summed E-state index contributed by atoms with van der Waals surface area (Å²) in [7, 11) is 3.23. The highest BCUT2D eigenvalue weighted by atomic mass is 16.5. The summed E-state index contributed by atoms with van der Waals surface area (Å²) in [6, 6.07) is 0.295. The van der Waals surface area contributed by atoms with Gasteiger partial charge < -0.3 is 20.5 Å². The Bertz CT molecular complexity index is 243. The molecule has 0 aromatic heterocycles. The van der Waals surface area contributed by atoms with E-state index in [0.29, 0.717) is 25.7 Å². The van der Waals surface area contributed by atoms with Crippen molar-refractivity contribution in [3.05, 3.63) is 0 Å². The Hall–Kier alpha value is -0.690. The first-order valence-corrected chi connectivity index (χ1v) is 6.42. The first kappa shape index (κ1) is 15.4. The zero-order valence-electron chi connectivity index (χ0n) is 11.4. The molecule has 1 rings (SSSR count). The van der Waals surface area contributed by atoms with Crippen LogP contribution in [0, 0.1) is 0 Å². The minimum absolute atomic E-state index is 0.0311. The second-order valence-corrected chi connectivity index (χ2v) is 4.73. The maximum atomic E-state index is 11.7. The summed E-state index contributed by atoms with van der Waals surface area (Å²) < 4.78 is 10.2. The molecule has 1 amide bonds. The Balaban J connectivity index is 2.16. The van der Waals surface area contributed by atoms with Crippen molar-refractivity contribution >= 4 is 5.91 Å². The fourth-order valence-corrected chi connectivity index (χ4v) is 1.99. The molecule has 0 aromatic rings. The van der Waals surface area contributed by atoms with Crippen molar-refractivity contribution in [3.8, 4) is 0 Å². The fourth-order valence-electron chi connectivity index (χ4n) is 1.99. The predicted molar refractivity (Wildman–Crippen MR) is 69.3 cm³/mol. The number of hydrogen-bond donors (Lipinski definition) is 2. The van der Waals surface area contributed by atoms with Crippen LogP contribution in [0.5, 0.6) is 0 Å². The topological polar surface area (TPSA) is 76.8 Å². The maximum absolute atomic E-state index is 11.7. The van der Waals surface area contributed by atoms with Crippen LogP contribution in [0.15, 0.2) is 0 Å². The monoisotopic (exact) mass is 259 g/mol. The molecule has 0 aromatic carbocycles. The Labute approximate surface area is 109 Å². The third kappa shape index (κ3) is 5.77. The molecule has 0 spiro atoms. The number of nitrogens with zero attached hydrogens (tertiary/aromatic N) is 1. The van der Waals surface area contributed by atoms with Crippen LogP contribution in [0.3, 0.4) is 0 Å². The summed E-state index contributed by atoms with van der Waals surface area (Å²) in [5, 5.41) is 2.86. The Morgan fingerprint density at radius 1 is 1.44 bits per heavy atom. The number of carbonyl (C=O) groups excluding carboxylic acids is 1. The number of likely N-dealkylation sites (tertiary alicyclic amines) is 1. The number of methoxy groups -OCH3 is 2. The molecule has 0 radical (unpaired) electrons. The molecule has 1 heterocycles. The van der Waals surface area contributed by atoms with E-state index in [-0.39, 0.29) is 12.0 Å². The molecule has 1 atom stereocenters. The van der Waals surface area contributed by atoms with Crippen LogP contribution in [0.25, 0.3) is 0 Å². The first-order chi connectivity index (χ1) is 8.65. The van der Waals surface area contributed by atoms with Gasteiger partial charge in [-0.3, -0.25) is 9.69 Å². The van der Waals surface area contributed by atoms with Crippen LogP contribution >= 0.6 is 0 Å². The predicted octanol–water partition coefficient (Wildman–Crippen LogP) is -0.813. The van der Waals surface area contributed by atoms with Gasteiger partial charge in [0.25, 0.3) is 0 Å². The smallest absolute Gasteiger partial charge is 0.234 e. The minimum atomic E-state index is -0.0891. The lowest BCUT2D eigenvalue weighted by Crippen LogP contribution is -2.46. The third-order valence-electron chi connectivity index (χ3n) is 3.21. The molecule has 6 nitrogen and oxygen atoms in total. The number of hydrogen-bond acceptors (Lipinski definition) is 5. The quantitative estimate of drug-likeness (QED) is 0.625. The van der Waals surface area contributed by atoms with Crippen molar-refractivity contribution in [2.75, 3.05) is 47.0 Å². The van der Waals surface area contributed by atoms with E-state index in [1.807, 2.05) is 0 Å². The van der Waals surface area contributed by atoms with Crippen molar-refractivity contribution in [1.82, 2.24) is 10.2 Å².